The second-order valence-electron chi connectivity index (χ2n) is 7.81. The van der Waals surface area contributed by atoms with Gasteiger partial charge in [0.15, 0.2) is 11.5 Å². The quantitative estimate of drug-likeness (QED) is 0.418. The summed E-state index contributed by atoms with van der Waals surface area (Å²) in [4.78, 5) is 12.9. The average molecular weight is 483 g/mol. The number of carbonyl (C=O) groups excluding carboxylic acids is 1. The van der Waals surface area contributed by atoms with Gasteiger partial charge in [0.25, 0.3) is 10.0 Å². The first-order valence-electron chi connectivity index (χ1n) is 11.0. The summed E-state index contributed by atoms with van der Waals surface area (Å²) >= 11 is 0. The Kier molecular flexibility index (Phi) is 8.54. The smallest absolute Gasteiger partial charge is 0.264 e. The van der Waals surface area contributed by atoms with Crippen LogP contribution in [0.3, 0.4) is 0 Å². The number of hydrogen-bond acceptors (Lipinski definition) is 5. The number of rotatable bonds is 11. The van der Waals surface area contributed by atoms with Crippen LogP contribution in [-0.4, -0.2) is 41.6 Å². The van der Waals surface area contributed by atoms with Crippen molar-refractivity contribution in [3.05, 3.63) is 83.9 Å². The Bertz CT molecular complexity index is 1210. The van der Waals surface area contributed by atoms with Crippen molar-refractivity contribution in [2.75, 3.05) is 31.6 Å². The highest BCUT2D eigenvalue weighted by Gasteiger charge is 2.27. The average Bonchev–Trinajstić information content (AvgIpc) is 2.85. The molecule has 0 radical (unpaired) electrons. The molecule has 0 heterocycles. The number of nitrogens with one attached hydrogen (secondary N) is 1. The highest BCUT2D eigenvalue weighted by molar-refractivity contribution is 7.92. The molecule has 0 aliphatic heterocycles. The molecule has 1 amide bonds. The van der Waals surface area contributed by atoms with Crippen LogP contribution < -0.4 is 19.1 Å². The van der Waals surface area contributed by atoms with Gasteiger partial charge in [-0.2, -0.15) is 0 Å². The lowest BCUT2D eigenvalue weighted by Crippen LogP contribution is -2.41. The van der Waals surface area contributed by atoms with E-state index in [0.717, 1.165) is 21.9 Å². The number of hydrogen-bond donors (Lipinski definition) is 1. The lowest BCUT2D eigenvalue weighted by Gasteiger charge is -2.24. The Hall–Kier alpha value is -3.52. The zero-order chi connectivity index (χ0) is 24.6. The summed E-state index contributed by atoms with van der Waals surface area (Å²) in [5, 5.41) is 2.84. The van der Waals surface area contributed by atoms with Crippen molar-refractivity contribution in [3.8, 4) is 11.5 Å². The van der Waals surface area contributed by atoms with Crippen molar-refractivity contribution >= 4 is 21.6 Å². The van der Waals surface area contributed by atoms with Gasteiger partial charge in [-0.15, -0.1) is 0 Å². The number of amides is 1. The largest absolute Gasteiger partial charge is 0.493 e. The van der Waals surface area contributed by atoms with Crippen LogP contribution in [0.15, 0.2) is 77.7 Å². The molecular weight excluding hydrogens is 452 g/mol. The highest BCUT2D eigenvalue weighted by Crippen LogP contribution is 2.28. The Balaban J connectivity index is 1.66. The fraction of sp³-hybridized carbons (Fsp3) is 0.269. The normalized spacial score (nSPS) is 11.0. The van der Waals surface area contributed by atoms with E-state index in [9.17, 15) is 13.2 Å². The molecule has 1 N–H and O–H groups in total. The van der Waals surface area contributed by atoms with E-state index in [1.54, 1.807) is 50.6 Å². The monoisotopic (exact) mass is 482 g/mol. The molecule has 180 valence electrons. The molecule has 8 heteroatoms. The fourth-order valence-corrected chi connectivity index (χ4v) is 4.99. The summed E-state index contributed by atoms with van der Waals surface area (Å²) in [6, 6.07) is 20.9. The van der Waals surface area contributed by atoms with Crippen molar-refractivity contribution in [1.29, 1.82) is 0 Å². The van der Waals surface area contributed by atoms with Gasteiger partial charge in [-0.1, -0.05) is 36.4 Å². The van der Waals surface area contributed by atoms with Gasteiger partial charge in [0.05, 0.1) is 24.8 Å². The van der Waals surface area contributed by atoms with Crippen molar-refractivity contribution in [1.82, 2.24) is 5.32 Å². The van der Waals surface area contributed by atoms with Gasteiger partial charge in [0.1, 0.15) is 6.54 Å². The first-order chi connectivity index (χ1) is 16.3. The molecule has 0 atom stereocenters. The van der Waals surface area contributed by atoms with Crippen molar-refractivity contribution in [3.63, 3.8) is 0 Å². The molecule has 34 heavy (non-hydrogen) atoms. The molecule has 0 saturated heterocycles. The summed E-state index contributed by atoms with van der Waals surface area (Å²) in [6.45, 7) is 1.99. The molecule has 0 aliphatic rings. The molecule has 0 aromatic heterocycles. The van der Waals surface area contributed by atoms with Gasteiger partial charge in [0.2, 0.25) is 5.91 Å². The van der Waals surface area contributed by atoms with Crippen LogP contribution in [0.2, 0.25) is 0 Å². The molecule has 0 spiro atoms. The fourth-order valence-electron chi connectivity index (χ4n) is 3.56. The second-order valence-corrected chi connectivity index (χ2v) is 9.67. The molecule has 3 aromatic rings. The van der Waals surface area contributed by atoms with Crippen LogP contribution in [0.25, 0.3) is 0 Å². The summed E-state index contributed by atoms with van der Waals surface area (Å²) in [6.07, 6.45) is 1.42. The van der Waals surface area contributed by atoms with Gasteiger partial charge >= 0.3 is 0 Å². The number of carbonyl (C=O) groups is 1. The van der Waals surface area contributed by atoms with E-state index in [-0.39, 0.29) is 17.3 Å². The number of anilines is 1. The second kappa shape index (κ2) is 11.6. The van der Waals surface area contributed by atoms with Gasteiger partial charge in [-0.05, 0) is 67.3 Å². The van der Waals surface area contributed by atoms with Gasteiger partial charge < -0.3 is 14.8 Å². The lowest BCUT2D eigenvalue weighted by atomic mass is 10.1. The minimum atomic E-state index is -3.91. The number of nitrogens with zero attached hydrogens (tertiary/aromatic N) is 1. The van der Waals surface area contributed by atoms with E-state index in [4.69, 9.17) is 9.47 Å². The molecule has 0 unspecified atom stereocenters. The maximum atomic E-state index is 13.3. The van der Waals surface area contributed by atoms with Gasteiger partial charge in [0, 0.05) is 6.54 Å². The molecular formula is C26H30N2O5S. The topological polar surface area (TPSA) is 84.9 Å². The summed E-state index contributed by atoms with van der Waals surface area (Å²) in [5.74, 6) is 0.952. The standard InChI is InChI=1S/C26H30N2O5S/c1-20-9-7-11-22(17-20)28(34(30,31)23-12-5-4-6-13-23)19-26(29)27-16-8-10-21-14-15-24(32-2)25(18-21)33-3/h4-7,9,11-15,17-18H,8,10,16,19H2,1-3H3,(H,27,29). The molecule has 0 fully saturated rings. The van der Waals surface area contributed by atoms with Crippen LogP contribution in [0, 0.1) is 6.92 Å². The van der Waals surface area contributed by atoms with Crippen molar-refractivity contribution in [2.24, 2.45) is 0 Å². The highest BCUT2D eigenvalue weighted by atomic mass is 32.2. The maximum absolute atomic E-state index is 13.3. The summed E-state index contributed by atoms with van der Waals surface area (Å²) in [5.41, 5.74) is 2.41. The zero-order valence-corrected chi connectivity index (χ0v) is 20.5. The number of ether oxygens (including phenoxy) is 2. The lowest BCUT2D eigenvalue weighted by molar-refractivity contribution is -0.119. The van der Waals surface area contributed by atoms with Crippen LogP contribution in [0.4, 0.5) is 5.69 Å². The van der Waals surface area contributed by atoms with Crippen molar-refractivity contribution < 1.29 is 22.7 Å². The summed E-state index contributed by atoms with van der Waals surface area (Å²) < 4.78 is 38.4. The molecule has 7 nitrogen and oxygen atoms in total. The van der Waals surface area contributed by atoms with E-state index in [0.29, 0.717) is 30.2 Å². The SMILES string of the molecule is COc1ccc(CCCNC(=O)CN(c2cccc(C)c2)S(=O)(=O)c2ccccc2)cc1OC. The number of sulfonamides is 1. The third kappa shape index (κ3) is 6.29. The molecule has 0 bridgehead atoms. The summed E-state index contributed by atoms with van der Waals surface area (Å²) in [7, 11) is -0.730. The van der Waals surface area contributed by atoms with Gasteiger partial charge in [-0.25, -0.2) is 8.42 Å². The third-order valence-corrected chi connectivity index (χ3v) is 7.11. The minimum absolute atomic E-state index is 0.137. The van der Waals surface area contributed by atoms with E-state index in [2.05, 4.69) is 5.32 Å². The van der Waals surface area contributed by atoms with E-state index in [1.807, 2.05) is 31.2 Å². The third-order valence-electron chi connectivity index (χ3n) is 5.32. The Morgan fingerprint density at radius 2 is 1.65 bits per heavy atom. The van der Waals surface area contributed by atoms with E-state index < -0.39 is 10.0 Å². The number of benzene rings is 3. The maximum Gasteiger partial charge on any atom is 0.264 e. The molecule has 0 saturated carbocycles. The van der Waals surface area contributed by atoms with E-state index >= 15 is 0 Å². The first kappa shape index (κ1) is 25.1. The Labute approximate surface area is 201 Å². The van der Waals surface area contributed by atoms with Crippen LogP contribution in [0.1, 0.15) is 17.5 Å². The predicted octanol–water partition coefficient (Wildman–Crippen LogP) is 3.96. The number of methoxy groups -OCH3 is 2. The van der Waals surface area contributed by atoms with Gasteiger partial charge in [-0.3, -0.25) is 9.10 Å². The minimum Gasteiger partial charge on any atom is -0.493 e. The van der Waals surface area contributed by atoms with E-state index in [1.165, 1.54) is 12.1 Å². The van der Waals surface area contributed by atoms with Crippen LogP contribution in [-0.2, 0) is 21.2 Å². The number of aryl methyl sites for hydroxylation is 2. The van der Waals surface area contributed by atoms with Crippen molar-refractivity contribution in [2.45, 2.75) is 24.7 Å². The van der Waals surface area contributed by atoms with Crippen LogP contribution >= 0.6 is 0 Å². The first-order valence-corrected chi connectivity index (χ1v) is 12.4. The molecule has 3 aromatic carbocycles. The predicted molar refractivity (Wildman–Crippen MR) is 133 cm³/mol. The Morgan fingerprint density at radius 3 is 2.32 bits per heavy atom. The molecule has 3 rings (SSSR count). The molecule has 0 aliphatic carbocycles. The zero-order valence-electron chi connectivity index (χ0n) is 19.7. The Morgan fingerprint density at radius 1 is 0.912 bits per heavy atom. The van der Waals surface area contributed by atoms with Crippen LogP contribution in [0.5, 0.6) is 11.5 Å².